The van der Waals surface area contributed by atoms with E-state index in [1.165, 1.54) is 17.7 Å². The van der Waals surface area contributed by atoms with Gasteiger partial charge in [0.1, 0.15) is 4.70 Å². The average Bonchev–Trinajstić information content (AvgIpc) is 2.92. The molecule has 1 amide bonds. The minimum atomic E-state index is -0.168. The largest absolute Gasteiger partial charge is 0.359 e. The Balaban J connectivity index is 1.89. The quantitative estimate of drug-likeness (QED) is 0.833. The van der Waals surface area contributed by atoms with Gasteiger partial charge in [-0.05, 0) is 12.8 Å². The number of carbonyl (C=O) groups excluding carboxylic acids is 1. The lowest BCUT2D eigenvalue weighted by atomic mass is 9.98. The van der Waals surface area contributed by atoms with E-state index in [1.807, 2.05) is 0 Å². The molecule has 1 atom stereocenters. The second-order valence-electron chi connectivity index (χ2n) is 4.78. The van der Waals surface area contributed by atoms with E-state index in [0.717, 1.165) is 24.5 Å². The molecular formula is C12H15N5O2S. The van der Waals surface area contributed by atoms with Crippen LogP contribution in [-0.2, 0) is 4.79 Å². The minimum absolute atomic E-state index is 0.0213. The molecule has 20 heavy (non-hydrogen) atoms. The van der Waals surface area contributed by atoms with Crippen LogP contribution in [0.2, 0.25) is 0 Å². The summed E-state index contributed by atoms with van der Waals surface area (Å²) >= 11 is 1.33. The molecule has 1 saturated heterocycles. The Morgan fingerprint density at radius 3 is 3.20 bits per heavy atom. The molecule has 0 radical (unpaired) electrons. The van der Waals surface area contributed by atoms with E-state index in [4.69, 9.17) is 0 Å². The maximum atomic E-state index is 11.7. The number of fused-ring (bicyclic) bond motifs is 1. The molecule has 1 aliphatic rings. The summed E-state index contributed by atoms with van der Waals surface area (Å²) in [5.74, 6) is 0.0405. The summed E-state index contributed by atoms with van der Waals surface area (Å²) in [6, 6.07) is 0. The Hall–Kier alpha value is -1.96. The summed E-state index contributed by atoms with van der Waals surface area (Å²) in [5, 5.41) is 3.45. The van der Waals surface area contributed by atoms with E-state index in [1.54, 1.807) is 7.05 Å². The molecule has 1 fully saturated rings. The Kier molecular flexibility index (Phi) is 3.39. The fraction of sp³-hybridized carbons (Fsp3) is 0.500. The SMILES string of the molecule is CNC(=O)C1CCCN(c2nc3nc[nH]c(=O)c3s2)C1. The van der Waals surface area contributed by atoms with E-state index >= 15 is 0 Å². The van der Waals surface area contributed by atoms with Gasteiger partial charge in [0.2, 0.25) is 5.91 Å². The maximum Gasteiger partial charge on any atom is 0.270 e. The second-order valence-corrected chi connectivity index (χ2v) is 5.76. The van der Waals surface area contributed by atoms with Crippen LogP contribution in [0.5, 0.6) is 0 Å². The van der Waals surface area contributed by atoms with E-state index < -0.39 is 0 Å². The maximum absolute atomic E-state index is 11.7. The van der Waals surface area contributed by atoms with Gasteiger partial charge in [0.05, 0.1) is 12.2 Å². The highest BCUT2D eigenvalue weighted by Crippen LogP contribution is 2.29. The number of nitrogens with zero attached hydrogens (tertiary/aromatic N) is 3. The number of aromatic amines is 1. The van der Waals surface area contributed by atoms with Crippen molar-refractivity contribution < 1.29 is 4.79 Å². The fourth-order valence-electron chi connectivity index (χ4n) is 2.46. The highest BCUT2D eigenvalue weighted by Gasteiger charge is 2.27. The summed E-state index contributed by atoms with van der Waals surface area (Å²) in [4.78, 5) is 36.5. The zero-order chi connectivity index (χ0) is 14.1. The molecule has 2 N–H and O–H groups in total. The zero-order valence-electron chi connectivity index (χ0n) is 11.0. The first-order valence-electron chi connectivity index (χ1n) is 6.50. The van der Waals surface area contributed by atoms with Crippen LogP contribution < -0.4 is 15.8 Å². The molecule has 3 rings (SSSR count). The molecule has 0 spiro atoms. The Morgan fingerprint density at radius 1 is 1.60 bits per heavy atom. The van der Waals surface area contributed by atoms with E-state index in [9.17, 15) is 9.59 Å². The van der Waals surface area contributed by atoms with Crippen LogP contribution in [0.25, 0.3) is 10.3 Å². The first-order valence-corrected chi connectivity index (χ1v) is 7.31. The smallest absolute Gasteiger partial charge is 0.270 e. The third-order valence-electron chi connectivity index (χ3n) is 3.50. The molecule has 7 nitrogen and oxygen atoms in total. The van der Waals surface area contributed by atoms with Gasteiger partial charge in [-0.2, -0.15) is 4.98 Å². The van der Waals surface area contributed by atoms with Gasteiger partial charge in [-0.15, -0.1) is 0 Å². The van der Waals surface area contributed by atoms with Crippen molar-refractivity contribution in [2.45, 2.75) is 12.8 Å². The van der Waals surface area contributed by atoms with E-state index in [-0.39, 0.29) is 17.4 Å². The molecule has 106 valence electrons. The van der Waals surface area contributed by atoms with Gasteiger partial charge in [-0.3, -0.25) is 9.59 Å². The number of rotatable bonds is 2. The number of hydrogen-bond acceptors (Lipinski definition) is 6. The summed E-state index contributed by atoms with van der Waals surface area (Å²) < 4.78 is 0.532. The topological polar surface area (TPSA) is 91.0 Å². The Bertz CT molecular complexity index is 694. The van der Waals surface area contributed by atoms with Gasteiger partial charge in [-0.1, -0.05) is 11.3 Å². The number of piperidine rings is 1. The molecule has 2 aromatic rings. The standard InChI is InChI=1S/C12H15N5O2S/c1-13-10(18)7-3-2-4-17(5-7)12-16-9-8(20-12)11(19)15-6-14-9/h6-7H,2-5H2,1H3,(H,13,18)(H,14,15,19). The van der Waals surface area contributed by atoms with Crippen LogP contribution in [0, 0.1) is 5.92 Å². The number of hydrogen-bond donors (Lipinski definition) is 2. The number of nitrogens with one attached hydrogen (secondary N) is 2. The molecule has 1 unspecified atom stereocenters. The van der Waals surface area contributed by atoms with Crippen molar-refractivity contribution in [1.29, 1.82) is 0 Å². The van der Waals surface area contributed by atoms with Crippen LogP contribution in [-0.4, -0.2) is 41.0 Å². The third kappa shape index (κ3) is 2.26. The zero-order valence-corrected chi connectivity index (χ0v) is 11.9. The van der Waals surface area contributed by atoms with Crippen LogP contribution >= 0.6 is 11.3 Å². The predicted octanol–water partition coefficient (Wildman–Crippen LogP) is 0.342. The van der Waals surface area contributed by atoms with Crippen molar-refractivity contribution in [2.75, 3.05) is 25.0 Å². The minimum Gasteiger partial charge on any atom is -0.359 e. The van der Waals surface area contributed by atoms with Gasteiger partial charge >= 0.3 is 0 Å². The van der Waals surface area contributed by atoms with Crippen LogP contribution in [0.15, 0.2) is 11.1 Å². The summed E-state index contributed by atoms with van der Waals surface area (Å²) in [5.41, 5.74) is 0.300. The lowest BCUT2D eigenvalue weighted by Crippen LogP contribution is -2.42. The molecule has 0 bridgehead atoms. The van der Waals surface area contributed by atoms with Crippen molar-refractivity contribution >= 4 is 32.7 Å². The Morgan fingerprint density at radius 2 is 2.45 bits per heavy atom. The number of aromatic nitrogens is 3. The van der Waals surface area contributed by atoms with Gasteiger partial charge in [0.25, 0.3) is 5.56 Å². The van der Waals surface area contributed by atoms with Gasteiger partial charge < -0.3 is 15.2 Å². The highest BCUT2D eigenvalue weighted by atomic mass is 32.1. The Labute approximate surface area is 119 Å². The van der Waals surface area contributed by atoms with Crippen LogP contribution in [0.3, 0.4) is 0 Å². The predicted molar refractivity (Wildman–Crippen MR) is 77.0 cm³/mol. The number of anilines is 1. The number of H-pyrrole nitrogens is 1. The summed E-state index contributed by atoms with van der Waals surface area (Å²) in [6.45, 7) is 1.49. The molecule has 0 saturated carbocycles. The molecule has 0 aliphatic carbocycles. The highest BCUT2D eigenvalue weighted by molar-refractivity contribution is 7.22. The van der Waals surface area contributed by atoms with Gasteiger partial charge in [0.15, 0.2) is 10.8 Å². The lowest BCUT2D eigenvalue weighted by Gasteiger charge is -2.31. The van der Waals surface area contributed by atoms with Crippen molar-refractivity contribution in [1.82, 2.24) is 20.3 Å². The molecule has 2 aromatic heterocycles. The lowest BCUT2D eigenvalue weighted by molar-refractivity contribution is -0.124. The van der Waals surface area contributed by atoms with Crippen molar-refractivity contribution in [2.24, 2.45) is 5.92 Å². The molecule has 0 aromatic carbocycles. The third-order valence-corrected chi connectivity index (χ3v) is 4.60. The first kappa shape index (κ1) is 13.0. The number of thiazole rings is 1. The first-order chi connectivity index (χ1) is 9.69. The second kappa shape index (κ2) is 5.20. The molecular weight excluding hydrogens is 278 g/mol. The molecule has 3 heterocycles. The van der Waals surface area contributed by atoms with Gasteiger partial charge in [-0.25, -0.2) is 4.98 Å². The summed E-state index contributed by atoms with van der Waals surface area (Å²) in [7, 11) is 1.66. The van der Waals surface area contributed by atoms with Crippen molar-refractivity contribution in [3.8, 4) is 0 Å². The molecule has 1 aliphatic heterocycles. The monoisotopic (exact) mass is 293 g/mol. The van der Waals surface area contributed by atoms with E-state index in [0.29, 0.717) is 16.9 Å². The van der Waals surface area contributed by atoms with E-state index in [2.05, 4.69) is 25.2 Å². The molecule has 8 heteroatoms. The average molecular weight is 293 g/mol. The van der Waals surface area contributed by atoms with Crippen LogP contribution in [0.1, 0.15) is 12.8 Å². The van der Waals surface area contributed by atoms with Gasteiger partial charge in [0, 0.05) is 20.1 Å². The normalized spacial score (nSPS) is 19.2. The van der Waals surface area contributed by atoms with Crippen molar-refractivity contribution in [3.63, 3.8) is 0 Å². The number of carbonyl (C=O) groups is 1. The number of amides is 1. The van der Waals surface area contributed by atoms with Crippen LogP contribution in [0.4, 0.5) is 5.13 Å². The summed E-state index contributed by atoms with van der Waals surface area (Å²) in [6.07, 6.45) is 3.19. The fourth-order valence-corrected chi connectivity index (χ4v) is 3.41. The van der Waals surface area contributed by atoms with Crippen molar-refractivity contribution in [3.05, 3.63) is 16.7 Å².